The lowest BCUT2D eigenvalue weighted by Gasteiger charge is -2.21. The van der Waals surface area contributed by atoms with Gasteiger partial charge in [0, 0.05) is 23.2 Å². The van der Waals surface area contributed by atoms with Crippen LogP contribution in [0.2, 0.25) is 0 Å². The third-order valence-corrected chi connectivity index (χ3v) is 4.36. The maximum atomic E-state index is 6.04. The molecular weight excluding hydrogens is 291 g/mol. The maximum Gasteiger partial charge on any atom is 0.0864 e. The Morgan fingerprint density at radius 2 is 2.57 bits per heavy atom. The van der Waals surface area contributed by atoms with Crippen molar-refractivity contribution in [2.75, 3.05) is 4.43 Å². The summed E-state index contributed by atoms with van der Waals surface area (Å²) in [5.74, 6) is 0. The van der Waals surface area contributed by atoms with Gasteiger partial charge in [-0.05, 0) is 19.8 Å². The van der Waals surface area contributed by atoms with Crippen molar-refractivity contribution >= 4 is 22.6 Å². The Morgan fingerprint density at radius 1 is 1.79 bits per heavy atom. The average molecular weight is 306 g/mol. The third-order valence-electron chi connectivity index (χ3n) is 2.74. The highest BCUT2D eigenvalue weighted by Gasteiger charge is 2.36. The summed E-state index contributed by atoms with van der Waals surface area (Å²) >= 11 is 2.40. The Kier molecular flexibility index (Phi) is 2.83. The standard InChI is InChI=1S/C10H15IN2O/c1-10(7-11)4-3-9(14-10)8-5-12-13(2)6-8/h5-6,9H,3-4,7H2,1-2H3. The van der Waals surface area contributed by atoms with Crippen molar-refractivity contribution in [3.63, 3.8) is 0 Å². The van der Waals surface area contributed by atoms with Crippen LogP contribution < -0.4 is 0 Å². The minimum Gasteiger partial charge on any atom is -0.366 e. The van der Waals surface area contributed by atoms with Crippen LogP contribution in [0.25, 0.3) is 0 Å². The Morgan fingerprint density at radius 3 is 3.07 bits per heavy atom. The maximum absolute atomic E-state index is 6.04. The van der Waals surface area contributed by atoms with Gasteiger partial charge in [0.05, 0.1) is 17.9 Å². The van der Waals surface area contributed by atoms with Crippen LogP contribution in [0.1, 0.15) is 31.4 Å². The first-order valence-corrected chi connectivity index (χ1v) is 6.38. The zero-order chi connectivity index (χ0) is 10.2. The number of ether oxygens (including phenoxy) is 1. The molecule has 0 aliphatic carbocycles. The minimum atomic E-state index is 0.0705. The van der Waals surface area contributed by atoms with Crippen molar-refractivity contribution in [3.8, 4) is 0 Å². The lowest BCUT2D eigenvalue weighted by Crippen LogP contribution is -2.24. The predicted molar refractivity (Wildman–Crippen MR) is 63.6 cm³/mol. The van der Waals surface area contributed by atoms with E-state index in [-0.39, 0.29) is 11.7 Å². The van der Waals surface area contributed by atoms with Gasteiger partial charge in [0.2, 0.25) is 0 Å². The lowest BCUT2D eigenvalue weighted by atomic mass is 10.0. The van der Waals surface area contributed by atoms with E-state index in [9.17, 15) is 0 Å². The van der Waals surface area contributed by atoms with Gasteiger partial charge in [-0.15, -0.1) is 0 Å². The Labute approximate surface area is 98.0 Å². The summed E-state index contributed by atoms with van der Waals surface area (Å²) in [5.41, 5.74) is 1.28. The van der Waals surface area contributed by atoms with Gasteiger partial charge in [0.1, 0.15) is 0 Å². The zero-order valence-electron chi connectivity index (χ0n) is 8.53. The van der Waals surface area contributed by atoms with Crippen LogP contribution in [0.5, 0.6) is 0 Å². The minimum absolute atomic E-state index is 0.0705. The first-order valence-electron chi connectivity index (χ1n) is 4.85. The second-order valence-electron chi connectivity index (χ2n) is 4.18. The van der Waals surface area contributed by atoms with Gasteiger partial charge < -0.3 is 4.74 Å². The van der Waals surface area contributed by atoms with Gasteiger partial charge in [0.25, 0.3) is 0 Å². The number of hydrogen-bond donors (Lipinski definition) is 0. The van der Waals surface area contributed by atoms with Crippen LogP contribution in [0, 0.1) is 0 Å². The molecule has 2 unspecified atom stereocenters. The van der Waals surface area contributed by atoms with Crippen LogP contribution in [0.15, 0.2) is 12.4 Å². The summed E-state index contributed by atoms with van der Waals surface area (Å²) in [6.07, 6.45) is 6.47. The highest BCUT2D eigenvalue weighted by Crippen LogP contribution is 2.39. The molecule has 1 aliphatic heterocycles. The van der Waals surface area contributed by atoms with Crippen molar-refractivity contribution in [1.29, 1.82) is 0 Å². The first-order chi connectivity index (χ1) is 6.63. The monoisotopic (exact) mass is 306 g/mol. The molecule has 0 N–H and O–H groups in total. The Balaban J connectivity index is 2.09. The highest BCUT2D eigenvalue weighted by molar-refractivity contribution is 14.1. The van der Waals surface area contributed by atoms with E-state index in [0.717, 1.165) is 17.3 Å². The molecule has 1 aromatic heterocycles. The van der Waals surface area contributed by atoms with Crippen LogP contribution >= 0.6 is 22.6 Å². The van der Waals surface area contributed by atoms with Crippen molar-refractivity contribution in [1.82, 2.24) is 9.78 Å². The number of aryl methyl sites for hydroxylation is 1. The molecule has 1 fully saturated rings. The molecular formula is C10H15IN2O. The van der Waals surface area contributed by atoms with Crippen LogP contribution in [-0.4, -0.2) is 19.8 Å². The summed E-state index contributed by atoms with van der Waals surface area (Å²) in [7, 11) is 1.94. The van der Waals surface area contributed by atoms with Crippen molar-refractivity contribution in [2.24, 2.45) is 7.05 Å². The zero-order valence-corrected chi connectivity index (χ0v) is 10.7. The fourth-order valence-electron chi connectivity index (χ4n) is 1.84. The molecule has 2 rings (SSSR count). The van der Waals surface area contributed by atoms with Crippen LogP contribution in [-0.2, 0) is 11.8 Å². The average Bonchev–Trinajstić information content (AvgIpc) is 2.73. The van der Waals surface area contributed by atoms with E-state index < -0.39 is 0 Å². The van der Waals surface area contributed by atoms with E-state index >= 15 is 0 Å². The van der Waals surface area contributed by atoms with E-state index in [2.05, 4.69) is 34.6 Å². The smallest absolute Gasteiger partial charge is 0.0864 e. The summed E-state index contributed by atoms with van der Waals surface area (Å²) in [5, 5.41) is 4.17. The van der Waals surface area contributed by atoms with Gasteiger partial charge >= 0.3 is 0 Å². The summed E-state index contributed by atoms with van der Waals surface area (Å²) < 4.78 is 8.93. The van der Waals surface area contributed by atoms with Crippen molar-refractivity contribution in [3.05, 3.63) is 18.0 Å². The number of halogens is 1. The van der Waals surface area contributed by atoms with E-state index in [4.69, 9.17) is 4.74 Å². The van der Waals surface area contributed by atoms with E-state index in [1.807, 2.05) is 24.1 Å². The van der Waals surface area contributed by atoms with Crippen LogP contribution in [0.3, 0.4) is 0 Å². The molecule has 2 heterocycles. The van der Waals surface area contributed by atoms with Gasteiger partial charge in [0.15, 0.2) is 0 Å². The molecule has 0 amide bonds. The number of rotatable bonds is 2. The largest absolute Gasteiger partial charge is 0.366 e. The third kappa shape index (κ3) is 1.95. The van der Waals surface area contributed by atoms with E-state index in [1.54, 1.807) is 0 Å². The SMILES string of the molecule is Cn1cc(C2CCC(C)(CI)O2)cn1. The van der Waals surface area contributed by atoms with Gasteiger partial charge in [-0.1, -0.05) is 22.6 Å². The number of nitrogens with zero attached hydrogens (tertiary/aromatic N) is 2. The molecule has 1 aliphatic rings. The summed E-state index contributed by atoms with van der Waals surface area (Å²) in [6, 6.07) is 0. The lowest BCUT2D eigenvalue weighted by molar-refractivity contribution is -0.0109. The van der Waals surface area contributed by atoms with Crippen LogP contribution in [0.4, 0.5) is 0 Å². The molecule has 1 aromatic rings. The molecule has 78 valence electrons. The van der Waals surface area contributed by atoms with E-state index in [1.165, 1.54) is 5.56 Å². The second-order valence-corrected chi connectivity index (χ2v) is 4.94. The second kappa shape index (κ2) is 3.81. The topological polar surface area (TPSA) is 27.1 Å². The molecule has 2 atom stereocenters. The first kappa shape index (κ1) is 10.4. The van der Waals surface area contributed by atoms with Gasteiger partial charge in [-0.2, -0.15) is 5.10 Å². The predicted octanol–water partition coefficient (Wildman–Crippen LogP) is 2.47. The highest BCUT2D eigenvalue weighted by atomic mass is 127. The molecule has 0 aromatic carbocycles. The quantitative estimate of drug-likeness (QED) is 0.620. The molecule has 0 radical (unpaired) electrons. The number of alkyl halides is 1. The normalized spacial score (nSPS) is 32.4. The number of aromatic nitrogens is 2. The van der Waals surface area contributed by atoms with Crippen molar-refractivity contribution in [2.45, 2.75) is 31.5 Å². The fraction of sp³-hybridized carbons (Fsp3) is 0.700. The Bertz CT molecular complexity index is 326. The van der Waals surface area contributed by atoms with Crippen molar-refractivity contribution < 1.29 is 4.74 Å². The molecule has 0 saturated carbocycles. The van der Waals surface area contributed by atoms with E-state index in [0.29, 0.717) is 0 Å². The molecule has 0 bridgehead atoms. The fourth-order valence-corrected chi connectivity index (χ4v) is 2.40. The van der Waals surface area contributed by atoms with Gasteiger partial charge in [-0.25, -0.2) is 0 Å². The van der Waals surface area contributed by atoms with Gasteiger partial charge in [-0.3, -0.25) is 4.68 Å². The molecule has 0 spiro atoms. The molecule has 14 heavy (non-hydrogen) atoms. The Hall–Kier alpha value is -0.100. The summed E-state index contributed by atoms with van der Waals surface area (Å²) in [6.45, 7) is 2.19. The number of hydrogen-bond acceptors (Lipinski definition) is 2. The molecule has 1 saturated heterocycles. The molecule has 3 nitrogen and oxygen atoms in total. The summed E-state index contributed by atoms with van der Waals surface area (Å²) in [4.78, 5) is 0. The molecule has 4 heteroatoms.